The van der Waals surface area contributed by atoms with Gasteiger partial charge in [0.05, 0.1) is 7.11 Å². The predicted molar refractivity (Wildman–Crippen MR) is 72.2 cm³/mol. The maximum atomic E-state index is 12.1. The molecule has 0 radical (unpaired) electrons. The minimum absolute atomic E-state index is 0.180. The molecule has 0 saturated carbocycles. The quantitative estimate of drug-likeness (QED) is 0.838. The fourth-order valence-corrected chi connectivity index (χ4v) is 2.06. The SMILES string of the molecule is COc1ccc(NC(=O)[C@H](C)N2C(=O)CCC2=O)cc1. The highest BCUT2D eigenvalue weighted by atomic mass is 16.5. The lowest BCUT2D eigenvalue weighted by molar-refractivity contribution is -0.144. The molecule has 1 saturated heterocycles. The maximum Gasteiger partial charge on any atom is 0.247 e. The Morgan fingerprint density at radius 3 is 2.25 bits per heavy atom. The van der Waals surface area contributed by atoms with Gasteiger partial charge < -0.3 is 10.1 Å². The second kappa shape index (κ2) is 5.73. The van der Waals surface area contributed by atoms with Crippen molar-refractivity contribution in [1.29, 1.82) is 0 Å². The first kappa shape index (κ1) is 14.0. The van der Waals surface area contributed by atoms with Crippen LogP contribution >= 0.6 is 0 Å². The summed E-state index contributed by atoms with van der Waals surface area (Å²) in [4.78, 5) is 36.2. The predicted octanol–water partition coefficient (Wildman–Crippen LogP) is 1.17. The fourth-order valence-electron chi connectivity index (χ4n) is 2.06. The van der Waals surface area contributed by atoms with Crippen molar-refractivity contribution in [1.82, 2.24) is 4.90 Å². The van der Waals surface area contributed by atoms with Crippen LogP contribution in [0.3, 0.4) is 0 Å². The first-order chi connectivity index (χ1) is 9.52. The van der Waals surface area contributed by atoms with Crippen LogP contribution < -0.4 is 10.1 Å². The van der Waals surface area contributed by atoms with Crippen LogP contribution in [-0.4, -0.2) is 35.8 Å². The second-order valence-corrected chi connectivity index (χ2v) is 4.55. The fraction of sp³-hybridized carbons (Fsp3) is 0.357. The van der Waals surface area contributed by atoms with Gasteiger partial charge in [0.15, 0.2) is 0 Å². The van der Waals surface area contributed by atoms with E-state index >= 15 is 0 Å². The van der Waals surface area contributed by atoms with Crippen molar-refractivity contribution in [2.24, 2.45) is 0 Å². The van der Waals surface area contributed by atoms with Crippen molar-refractivity contribution in [3.63, 3.8) is 0 Å². The van der Waals surface area contributed by atoms with Crippen LogP contribution in [0, 0.1) is 0 Å². The van der Waals surface area contributed by atoms with Crippen molar-refractivity contribution in [2.75, 3.05) is 12.4 Å². The Balaban J connectivity index is 2.03. The van der Waals surface area contributed by atoms with Gasteiger partial charge in [-0.2, -0.15) is 0 Å². The number of carbonyl (C=O) groups excluding carboxylic acids is 3. The number of anilines is 1. The van der Waals surface area contributed by atoms with Crippen LogP contribution in [0.25, 0.3) is 0 Å². The van der Waals surface area contributed by atoms with E-state index < -0.39 is 11.9 Å². The highest BCUT2D eigenvalue weighted by Crippen LogP contribution is 2.18. The maximum absolute atomic E-state index is 12.1. The summed E-state index contributed by atoms with van der Waals surface area (Å²) in [6, 6.07) is 6.01. The Kier molecular flexibility index (Phi) is 4.02. The average Bonchev–Trinajstić information content (AvgIpc) is 2.78. The van der Waals surface area contributed by atoms with Gasteiger partial charge in [-0.05, 0) is 31.2 Å². The normalized spacial score (nSPS) is 16.2. The largest absolute Gasteiger partial charge is 0.497 e. The smallest absolute Gasteiger partial charge is 0.247 e. The highest BCUT2D eigenvalue weighted by molar-refractivity contribution is 6.07. The summed E-state index contributed by atoms with van der Waals surface area (Å²) in [7, 11) is 1.56. The van der Waals surface area contributed by atoms with E-state index in [1.807, 2.05) is 0 Å². The molecule has 1 heterocycles. The summed E-state index contributed by atoms with van der Waals surface area (Å²) in [5, 5.41) is 2.67. The molecule has 1 N–H and O–H groups in total. The molecule has 1 aromatic rings. The van der Waals surface area contributed by atoms with Crippen LogP contribution in [0.2, 0.25) is 0 Å². The number of rotatable bonds is 4. The number of ether oxygens (including phenoxy) is 1. The van der Waals surface area contributed by atoms with E-state index in [0.29, 0.717) is 11.4 Å². The summed E-state index contributed by atoms with van der Waals surface area (Å²) >= 11 is 0. The molecular formula is C14H16N2O4. The van der Waals surface area contributed by atoms with Gasteiger partial charge in [0.2, 0.25) is 17.7 Å². The molecule has 0 unspecified atom stereocenters. The number of nitrogens with one attached hydrogen (secondary N) is 1. The monoisotopic (exact) mass is 276 g/mol. The number of benzene rings is 1. The van der Waals surface area contributed by atoms with Crippen LogP contribution in [0.1, 0.15) is 19.8 Å². The Labute approximate surface area is 116 Å². The van der Waals surface area contributed by atoms with Crippen LogP contribution in [0.15, 0.2) is 24.3 Å². The molecule has 1 fully saturated rings. The van der Waals surface area contributed by atoms with Crippen LogP contribution in [-0.2, 0) is 14.4 Å². The van der Waals surface area contributed by atoms with Crippen LogP contribution in [0.4, 0.5) is 5.69 Å². The van der Waals surface area contributed by atoms with Crippen molar-refractivity contribution < 1.29 is 19.1 Å². The van der Waals surface area contributed by atoms with E-state index in [9.17, 15) is 14.4 Å². The zero-order valence-electron chi connectivity index (χ0n) is 11.4. The molecule has 2 rings (SSSR count). The van der Waals surface area contributed by atoms with Gasteiger partial charge in [-0.15, -0.1) is 0 Å². The van der Waals surface area contributed by atoms with Crippen molar-refractivity contribution in [2.45, 2.75) is 25.8 Å². The van der Waals surface area contributed by atoms with E-state index in [1.54, 1.807) is 38.3 Å². The van der Waals surface area contributed by atoms with Gasteiger partial charge in [-0.25, -0.2) is 0 Å². The molecule has 6 nitrogen and oxygen atoms in total. The van der Waals surface area contributed by atoms with Gasteiger partial charge in [-0.3, -0.25) is 19.3 Å². The third-order valence-electron chi connectivity index (χ3n) is 3.21. The summed E-state index contributed by atoms with van der Waals surface area (Å²) in [6.45, 7) is 1.54. The lowest BCUT2D eigenvalue weighted by Crippen LogP contribution is -2.44. The van der Waals surface area contributed by atoms with Crippen molar-refractivity contribution in [3.8, 4) is 5.75 Å². The molecule has 0 aliphatic carbocycles. The van der Waals surface area contributed by atoms with Gasteiger partial charge in [-0.1, -0.05) is 0 Å². The van der Waals surface area contributed by atoms with Gasteiger partial charge in [0, 0.05) is 18.5 Å². The van der Waals surface area contributed by atoms with E-state index in [-0.39, 0.29) is 24.7 Å². The molecular weight excluding hydrogens is 260 g/mol. The van der Waals surface area contributed by atoms with Gasteiger partial charge in [0.1, 0.15) is 11.8 Å². The van der Waals surface area contributed by atoms with Crippen molar-refractivity contribution in [3.05, 3.63) is 24.3 Å². The van der Waals surface area contributed by atoms with E-state index in [2.05, 4.69) is 5.32 Å². The summed E-state index contributed by atoms with van der Waals surface area (Å²) in [5.74, 6) is -0.306. The third kappa shape index (κ3) is 2.79. The minimum Gasteiger partial charge on any atom is -0.497 e. The number of amides is 3. The molecule has 3 amide bonds. The Morgan fingerprint density at radius 2 is 1.75 bits per heavy atom. The van der Waals surface area contributed by atoms with Crippen molar-refractivity contribution >= 4 is 23.4 Å². The van der Waals surface area contributed by atoms with E-state index in [4.69, 9.17) is 4.74 Å². The molecule has 0 bridgehead atoms. The molecule has 1 aromatic carbocycles. The number of likely N-dealkylation sites (tertiary alicyclic amines) is 1. The number of methoxy groups -OCH3 is 1. The number of hydrogen-bond donors (Lipinski definition) is 1. The number of carbonyl (C=O) groups is 3. The highest BCUT2D eigenvalue weighted by Gasteiger charge is 2.36. The van der Waals surface area contributed by atoms with E-state index in [1.165, 1.54) is 0 Å². The zero-order chi connectivity index (χ0) is 14.7. The molecule has 0 spiro atoms. The first-order valence-electron chi connectivity index (χ1n) is 6.32. The summed E-state index contributed by atoms with van der Waals surface area (Å²) in [5.41, 5.74) is 0.585. The molecule has 6 heteroatoms. The summed E-state index contributed by atoms with van der Waals surface area (Å²) < 4.78 is 5.02. The second-order valence-electron chi connectivity index (χ2n) is 4.55. The standard InChI is InChI=1S/C14H16N2O4/c1-9(16-12(17)7-8-13(16)18)14(19)15-10-3-5-11(20-2)6-4-10/h3-6,9H,7-8H2,1-2H3,(H,15,19)/t9-/m0/s1. The number of hydrogen-bond acceptors (Lipinski definition) is 4. The average molecular weight is 276 g/mol. The molecule has 106 valence electrons. The topological polar surface area (TPSA) is 75.7 Å². The number of nitrogens with zero attached hydrogens (tertiary/aromatic N) is 1. The first-order valence-corrected chi connectivity index (χ1v) is 6.32. The Bertz CT molecular complexity index is 523. The molecule has 1 aliphatic heterocycles. The minimum atomic E-state index is -0.806. The molecule has 1 aliphatic rings. The number of imide groups is 1. The van der Waals surface area contributed by atoms with Gasteiger partial charge in [0.25, 0.3) is 0 Å². The molecule has 1 atom stereocenters. The lowest BCUT2D eigenvalue weighted by atomic mass is 10.2. The third-order valence-corrected chi connectivity index (χ3v) is 3.21. The van der Waals surface area contributed by atoms with Gasteiger partial charge >= 0.3 is 0 Å². The van der Waals surface area contributed by atoms with E-state index in [0.717, 1.165) is 4.90 Å². The Morgan fingerprint density at radius 1 is 1.20 bits per heavy atom. The van der Waals surface area contributed by atoms with Crippen LogP contribution in [0.5, 0.6) is 5.75 Å². The summed E-state index contributed by atoms with van der Waals surface area (Å²) in [6.07, 6.45) is 0.359. The Hall–Kier alpha value is -2.37. The zero-order valence-corrected chi connectivity index (χ0v) is 11.4. The molecule has 0 aromatic heterocycles. The molecule has 20 heavy (non-hydrogen) atoms. The lowest BCUT2D eigenvalue weighted by Gasteiger charge is -2.21.